The predicted octanol–water partition coefficient (Wildman–Crippen LogP) is 1.32. The van der Waals surface area contributed by atoms with Gasteiger partial charge in [0.25, 0.3) is 0 Å². The van der Waals surface area contributed by atoms with Crippen LogP contribution < -0.4 is 11.3 Å². The number of nitrogens with zero attached hydrogens (tertiary/aromatic N) is 2. The quantitative estimate of drug-likeness (QED) is 0.634. The highest BCUT2D eigenvalue weighted by atomic mass is 19.1. The van der Waals surface area contributed by atoms with E-state index in [1.165, 1.54) is 18.2 Å². The minimum absolute atomic E-state index is 0.0414. The number of hydrogen-bond acceptors (Lipinski definition) is 3. The molecule has 1 aromatic carbocycles. The molecule has 0 amide bonds. The lowest BCUT2D eigenvalue weighted by molar-refractivity contribution is 0.474. The first-order valence-electron chi connectivity index (χ1n) is 5.97. The van der Waals surface area contributed by atoms with Crippen LogP contribution in [0.25, 0.3) is 0 Å². The molecule has 6 heteroatoms. The second kappa shape index (κ2) is 5.90. The summed E-state index contributed by atoms with van der Waals surface area (Å²) in [5.74, 6) is 5.15. The minimum Gasteiger partial charge on any atom is -0.338 e. The lowest BCUT2D eigenvalue weighted by Gasteiger charge is -2.16. The van der Waals surface area contributed by atoms with E-state index in [0.29, 0.717) is 6.42 Å². The number of imidazole rings is 1. The van der Waals surface area contributed by atoms with E-state index >= 15 is 0 Å². The van der Waals surface area contributed by atoms with Gasteiger partial charge in [0.05, 0.1) is 0 Å². The topological polar surface area (TPSA) is 55.9 Å². The van der Waals surface area contributed by atoms with Crippen molar-refractivity contribution in [2.24, 2.45) is 12.9 Å². The van der Waals surface area contributed by atoms with Gasteiger partial charge in [-0.25, -0.2) is 13.8 Å². The molecule has 0 saturated carbocycles. The first-order valence-corrected chi connectivity index (χ1v) is 5.97. The van der Waals surface area contributed by atoms with E-state index in [4.69, 9.17) is 5.84 Å². The molecule has 102 valence electrons. The monoisotopic (exact) mass is 266 g/mol. The SMILES string of the molecule is Cn1ccnc1CC(Cc1c(F)cccc1F)NN. The molecule has 3 N–H and O–H groups in total. The molecule has 0 aliphatic rings. The standard InChI is InChI=1S/C13H16F2N4/c1-19-6-5-17-13(19)8-9(18-16)7-10-11(14)3-2-4-12(10)15/h2-6,9,18H,7-8,16H2,1H3. The molecule has 1 atom stereocenters. The highest BCUT2D eigenvalue weighted by Gasteiger charge is 2.16. The number of nitrogens with one attached hydrogen (secondary N) is 1. The fourth-order valence-corrected chi connectivity index (χ4v) is 1.98. The zero-order valence-electron chi connectivity index (χ0n) is 10.6. The van der Waals surface area contributed by atoms with Gasteiger partial charge in [-0.1, -0.05) is 6.07 Å². The average molecular weight is 266 g/mol. The first kappa shape index (κ1) is 13.6. The molecule has 1 aromatic heterocycles. The molecule has 0 spiro atoms. The van der Waals surface area contributed by atoms with Gasteiger partial charge in [-0.15, -0.1) is 0 Å². The summed E-state index contributed by atoms with van der Waals surface area (Å²) >= 11 is 0. The van der Waals surface area contributed by atoms with Gasteiger partial charge in [-0.2, -0.15) is 0 Å². The summed E-state index contributed by atoms with van der Waals surface area (Å²) in [4.78, 5) is 4.17. The summed E-state index contributed by atoms with van der Waals surface area (Å²) in [6.07, 6.45) is 4.15. The summed E-state index contributed by atoms with van der Waals surface area (Å²) in [5.41, 5.74) is 2.63. The van der Waals surface area contributed by atoms with E-state index in [1.807, 2.05) is 17.8 Å². The van der Waals surface area contributed by atoms with Crippen molar-refractivity contribution >= 4 is 0 Å². The lowest BCUT2D eigenvalue weighted by atomic mass is 10.0. The number of nitrogens with two attached hydrogens (primary N) is 1. The highest BCUT2D eigenvalue weighted by molar-refractivity contribution is 5.21. The Labute approximate surface area is 110 Å². The Hall–Kier alpha value is -1.79. The van der Waals surface area contributed by atoms with E-state index < -0.39 is 11.6 Å². The third kappa shape index (κ3) is 3.15. The summed E-state index contributed by atoms with van der Waals surface area (Å²) in [6.45, 7) is 0. The second-order valence-corrected chi connectivity index (χ2v) is 4.43. The maximum Gasteiger partial charge on any atom is 0.129 e. The van der Waals surface area contributed by atoms with Gasteiger partial charge >= 0.3 is 0 Å². The Balaban J connectivity index is 2.13. The van der Waals surface area contributed by atoms with Gasteiger partial charge in [0.15, 0.2) is 0 Å². The number of hydrogen-bond donors (Lipinski definition) is 2. The van der Waals surface area contributed by atoms with Crippen molar-refractivity contribution in [3.05, 3.63) is 53.6 Å². The first-order chi connectivity index (χ1) is 9.11. The Kier molecular flexibility index (Phi) is 4.24. The summed E-state index contributed by atoms with van der Waals surface area (Å²) in [5, 5.41) is 0. The van der Waals surface area contributed by atoms with Gasteiger partial charge in [-0.3, -0.25) is 11.3 Å². The summed E-state index contributed by atoms with van der Waals surface area (Å²) in [6, 6.07) is 3.55. The lowest BCUT2D eigenvalue weighted by Crippen LogP contribution is -2.39. The van der Waals surface area contributed by atoms with Gasteiger partial charge in [-0.05, 0) is 18.6 Å². The largest absolute Gasteiger partial charge is 0.338 e. The van der Waals surface area contributed by atoms with Crippen molar-refractivity contribution < 1.29 is 8.78 Å². The summed E-state index contributed by atoms with van der Waals surface area (Å²) in [7, 11) is 1.86. The van der Waals surface area contributed by atoms with Crippen LogP contribution in [0.1, 0.15) is 11.4 Å². The fraction of sp³-hybridized carbons (Fsp3) is 0.308. The third-order valence-corrected chi connectivity index (χ3v) is 3.10. The molecule has 0 aliphatic carbocycles. The Bertz CT molecular complexity index is 533. The van der Waals surface area contributed by atoms with Gasteiger partial charge in [0.1, 0.15) is 17.5 Å². The van der Waals surface area contributed by atoms with Crippen LogP contribution >= 0.6 is 0 Å². The molecule has 19 heavy (non-hydrogen) atoms. The van der Waals surface area contributed by atoms with Gasteiger partial charge < -0.3 is 4.57 Å². The van der Waals surface area contributed by atoms with Crippen LogP contribution in [-0.4, -0.2) is 15.6 Å². The molecule has 0 saturated heterocycles. The van der Waals surface area contributed by atoms with Crippen molar-refractivity contribution in [1.82, 2.24) is 15.0 Å². The fourth-order valence-electron chi connectivity index (χ4n) is 1.98. The highest BCUT2D eigenvalue weighted by Crippen LogP contribution is 2.15. The molecule has 0 bridgehead atoms. The number of halogens is 2. The molecular formula is C13H16F2N4. The van der Waals surface area contributed by atoms with Crippen LogP contribution in [-0.2, 0) is 19.9 Å². The smallest absolute Gasteiger partial charge is 0.129 e. The Morgan fingerprint density at radius 3 is 2.53 bits per heavy atom. The second-order valence-electron chi connectivity index (χ2n) is 4.43. The maximum atomic E-state index is 13.6. The van der Waals surface area contributed by atoms with E-state index in [0.717, 1.165) is 5.82 Å². The van der Waals surface area contributed by atoms with E-state index in [1.54, 1.807) is 6.20 Å². The number of benzene rings is 1. The average Bonchev–Trinajstić information content (AvgIpc) is 2.78. The van der Waals surface area contributed by atoms with E-state index in [2.05, 4.69) is 10.4 Å². The minimum atomic E-state index is -0.555. The molecule has 1 unspecified atom stereocenters. The van der Waals surface area contributed by atoms with Crippen LogP contribution in [0.4, 0.5) is 8.78 Å². The van der Waals surface area contributed by atoms with Crippen LogP contribution in [0.2, 0.25) is 0 Å². The van der Waals surface area contributed by atoms with Crippen molar-refractivity contribution in [3.63, 3.8) is 0 Å². The predicted molar refractivity (Wildman–Crippen MR) is 68.1 cm³/mol. The normalized spacial score (nSPS) is 12.6. The van der Waals surface area contributed by atoms with E-state index in [-0.39, 0.29) is 18.0 Å². The Morgan fingerprint density at radius 2 is 2.00 bits per heavy atom. The number of hydrazine groups is 1. The van der Waals surface area contributed by atoms with Crippen molar-refractivity contribution in [3.8, 4) is 0 Å². The van der Waals surface area contributed by atoms with Gasteiger partial charge in [0, 0.05) is 37.5 Å². The molecule has 1 heterocycles. The number of aromatic nitrogens is 2. The third-order valence-electron chi connectivity index (χ3n) is 3.10. The zero-order chi connectivity index (χ0) is 13.8. The van der Waals surface area contributed by atoms with Crippen LogP contribution in [0.3, 0.4) is 0 Å². The van der Waals surface area contributed by atoms with Gasteiger partial charge in [0.2, 0.25) is 0 Å². The number of rotatable bonds is 5. The Morgan fingerprint density at radius 1 is 1.32 bits per heavy atom. The van der Waals surface area contributed by atoms with Crippen molar-refractivity contribution in [2.45, 2.75) is 18.9 Å². The van der Waals surface area contributed by atoms with Crippen molar-refractivity contribution in [2.75, 3.05) is 0 Å². The zero-order valence-corrected chi connectivity index (χ0v) is 10.6. The molecule has 0 fully saturated rings. The van der Waals surface area contributed by atoms with Crippen LogP contribution in [0.15, 0.2) is 30.6 Å². The van der Waals surface area contributed by atoms with E-state index in [9.17, 15) is 8.78 Å². The molecular weight excluding hydrogens is 250 g/mol. The van der Waals surface area contributed by atoms with Crippen LogP contribution in [0, 0.1) is 11.6 Å². The van der Waals surface area contributed by atoms with Crippen molar-refractivity contribution in [1.29, 1.82) is 0 Å². The molecule has 0 radical (unpaired) electrons. The molecule has 2 aromatic rings. The molecule has 2 rings (SSSR count). The number of aryl methyl sites for hydroxylation is 1. The van der Waals surface area contributed by atoms with Crippen LogP contribution in [0.5, 0.6) is 0 Å². The molecule has 0 aliphatic heterocycles. The maximum absolute atomic E-state index is 13.6. The molecule has 4 nitrogen and oxygen atoms in total. The summed E-state index contributed by atoms with van der Waals surface area (Å²) < 4.78 is 29.0.